The summed E-state index contributed by atoms with van der Waals surface area (Å²) in [7, 11) is 0. The normalized spacial score (nSPS) is 10.7. The number of amides is 1. The minimum Gasteiger partial charge on any atom is -0.494 e. The Morgan fingerprint density at radius 1 is 1.35 bits per heavy atom. The quantitative estimate of drug-likeness (QED) is 0.354. The Labute approximate surface area is 154 Å². The van der Waals surface area contributed by atoms with Crippen LogP contribution in [-0.2, 0) is 4.79 Å². The largest absolute Gasteiger partial charge is 0.494 e. The van der Waals surface area contributed by atoms with Gasteiger partial charge >= 0.3 is 0 Å². The molecular weight excluding hydrogens is 358 g/mol. The molecule has 8 heteroatoms. The van der Waals surface area contributed by atoms with E-state index in [1.807, 2.05) is 6.92 Å². The monoisotopic (exact) mass is 371 g/mol. The van der Waals surface area contributed by atoms with Crippen molar-refractivity contribution in [2.24, 2.45) is 0 Å². The number of nitrogens with zero attached hydrogens (tertiary/aromatic N) is 2. The van der Waals surface area contributed by atoms with Gasteiger partial charge in [0.25, 0.3) is 11.6 Å². The molecule has 0 unspecified atom stereocenters. The van der Waals surface area contributed by atoms with Gasteiger partial charge in [0.05, 0.1) is 11.5 Å². The first kappa shape index (κ1) is 19.0. The lowest BCUT2D eigenvalue weighted by atomic mass is 10.1. The molecule has 2 aromatic rings. The molecule has 0 fully saturated rings. The van der Waals surface area contributed by atoms with Gasteiger partial charge in [-0.05, 0) is 43.3 Å². The van der Waals surface area contributed by atoms with E-state index in [2.05, 4.69) is 5.32 Å². The lowest BCUT2D eigenvalue weighted by Crippen LogP contribution is -2.13. The predicted octanol–water partition coefficient (Wildman–Crippen LogP) is 4.19. The number of hydrogen-bond acceptors (Lipinski definition) is 5. The first-order valence-electron chi connectivity index (χ1n) is 7.54. The summed E-state index contributed by atoms with van der Waals surface area (Å²) in [6, 6.07) is 12.2. The number of carbonyl (C=O) groups excluding carboxylic acids is 1. The van der Waals surface area contributed by atoms with Crippen molar-refractivity contribution < 1.29 is 14.5 Å². The van der Waals surface area contributed by atoms with Gasteiger partial charge in [-0.3, -0.25) is 14.9 Å². The lowest BCUT2D eigenvalue weighted by molar-refractivity contribution is -0.384. The third-order valence-corrected chi connectivity index (χ3v) is 3.62. The fourth-order valence-electron chi connectivity index (χ4n) is 2.06. The molecule has 0 spiro atoms. The van der Waals surface area contributed by atoms with Gasteiger partial charge in [-0.15, -0.1) is 0 Å². The van der Waals surface area contributed by atoms with Crippen LogP contribution in [0.25, 0.3) is 6.08 Å². The number of nitro benzene ring substituents is 1. The summed E-state index contributed by atoms with van der Waals surface area (Å²) in [4.78, 5) is 22.6. The van der Waals surface area contributed by atoms with E-state index in [0.29, 0.717) is 18.0 Å². The summed E-state index contributed by atoms with van der Waals surface area (Å²) in [5.74, 6) is 0.00385. The van der Waals surface area contributed by atoms with Crippen LogP contribution in [-0.4, -0.2) is 17.4 Å². The Hall–Kier alpha value is -3.37. The average molecular weight is 372 g/mol. The van der Waals surface area contributed by atoms with Crippen LogP contribution in [0.1, 0.15) is 12.5 Å². The molecular formula is C18H14ClN3O4. The third kappa shape index (κ3) is 4.82. The topological polar surface area (TPSA) is 105 Å². The molecule has 0 aliphatic carbocycles. The van der Waals surface area contributed by atoms with Crippen molar-refractivity contribution in [3.63, 3.8) is 0 Å². The van der Waals surface area contributed by atoms with Crippen molar-refractivity contribution in [3.8, 4) is 11.8 Å². The number of benzene rings is 2. The van der Waals surface area contributed by atoms with Crippen LogP contribution in [0.5, 0.6) is 5.75 Å². The Balaban J connectivity index is 2.23. The summed E-state index contributed by atoms with van der Waals surface area (Å²) >= 11 is 5.99. The van der Waals surface area contributed by atoms with E-state index in [9.17, 15) is 20.2 Å². The number of rotatable bonds is 6. The average Bonchev–Trinajstić information content (AvgIpc) is 2.62. The minimum atomic E-state index is -0.653. The van der Waals surface area contributed by atoms with Gasteiger partial charge in [-0.25, -0.2) is 0 Å². The molecule has 132 valence electrons. The lowest BCUT2D eigenvalue weighted by Gasteiger charge is -2.07. The number of nitro groups is 1. The van der Waals surface area contributed by atoms with E-state index in [0.717, 1.165) is 0 Å². The van der Waals surface area contributed by atoms with E-state index in [4.69, 9.17) is 16.3 Å². The first-order chi connectivity index (χ1) is 12.4. The van der Waals surface area contributed by atoms with Gasteiger partial charge in [0.15, 0.2) is 0 Å². The van der Waals surface area contributed by atoms with Crippen molar-refractivity contribution in [1.82, 2.24) is 0 Å². The highest BCUT2D eigenvalue weighted by atomic mass is 35.5. The zero-order chi connectivity index (χ0) is 19.1. The smallest absolute Gasteiger partial charge is 0.270 e. The fourth-order valence-corrected chi connectivity index (χ4v) is 2.23. The summed E-state index contributed by atoms with van der Waals surface area (Å²) in [5.41, 5.74) is 0.259. The van der Waals surface area contributed by atoms with E-state index in [-0.39, 0.29) is 21.8 Å². The standard InChI is InChI=1S/C18H14ClN3O4/c1-2-26-16-6-3-14(4-7-16)21-18(23)13(11-20)9-12-10-15(22(24)25)5-8-17(12)19/h3-10H,2H2,1H3,(H,21,23)/b13-9+. The number of anilines is 1. The summed E-state index contributed by atoms with van der Waals surface area (Å²) in [5, 5.41) is 22.9. The molecule has 0 aliphatic rings. The van der Waals surface area contributed by atoms with E-state index in [1.54, 1.807) is 30.3 Å². The summed E-state index contributed by atoms with van der Waals surface area (Å²) in [6.07, 6.45) is 1.21. The molecule has 0 aliphatic heterocycles. The molecule has 0 heterocycles. The Kier molecular flexibility index (Phi) is 6.31. The van der Waals surface area contributed by atoms with Crippen LogP contribution in [0, 0.1) is 21.4 Å². The SMILES string of the molecule is CCOc1ccc(NC(=O)/C(C#N)=C/c2cc([N+](=O)[O-])ccc2Cl)cc1. The zero-order valence-corrected chi connectivity index (χ0v) is 14.5. The van der Waals surface area contributed by atoms with Crippen molar-refractivity contribution in [2.45, 2.75) is 6.92 Å². The highest BCUT2D eigenvalue weighted by Crippen LogP contribution is 2.24. The van der Waals surface area contributed by atoms with Crippen molar-refractivity contribution in [3.05, 3.63) is 68.7 Å². The summed E-state index contributed by atoms with van der Waals surface area (Å²) < 4.78 is 5.31. The fraction of sp³-hybridized carbons (Fsp3) is 0.111. The van der Waals surface area contributed by atoms with Crippen LogP contribution in [0.4, 0.5) is 11.4 Å². The number of nitrogens with one attached hydrogen (secondary N) is 1. The van der Waals surface area contributed by atoms with Gasteiger partial charge in [0.2, 0.25) is 0 Å². The van der Waals surface area contributed by atoms with Crippen LogP contribution in [0.15, 0.2) is 48.0 Å². The number of halogens is 1. The molecule has 0 aromatic heterocycles. The molecule has 1 amide bonds. The maximum atomic E-state index is 12.3. The molecule has 0 saturated carbocycles. The molecule has 2 aromatic carbocycles. The van der Waals surface area contributed by atoms with Gasteiger partial charge in [0, 0.05) is 28.4 Å². The van der Waals surface area contributed by atoms with Crippen LogP contribution in [0.3, 0.4) is 0 Å². The van der Waals surface area contributed by atoms with E-state index >= 15 is 0 Å². The molecule has 0 saturated heterocycles. The maximum Gasteiger partial charge on any atom is 0.270 e. The Bertz CT molecular complexity index is 902. The van der Waals surface area contributed by atoms with Gasteiger partial charge in [-0.1, -0.05) is 11.6 Å². The van der Waals surface area contributed by atoms with Crippen molar-refractivity contribution in [1.29, 1.82) is 5.26 Å². The minimum absolute atomic E-state index is 0.190. The highest BCUT2D eigenvalue weighted by molar-refractivity contribution is 6.32. The number of ether oxygens (including phenoxy) is 1. The second-order valence-corrected chi connectivity index (χ2v) is 5.45. The molecule has 7 nitrogen and oxygen atoms in total. The van der Waals surface area contributed by atoms with E-state index in [1.165, 1.54) is 24.3 Å². The van der Waals surface area contributed by atoms with Crippen molar-refractivity contribution >= 4 is 35.0 Å². The van der Waals surface area contributed by atoms with E-state index < -0.39 is 10.8 Å². The van der Waals surface area contributed by atoms with Gasteiger partial charge < -0.3 is 10.1 Å². The second-order valence-electron chi connectivity index (χ2n) is 5.04. The summed E-state index contributed by atoms with van der Waals surface area (Å²) in [6.45, 7) is 2.38. The Morgan fingerprint density at radius 2 is 2.04 bits per heavy atom. The third-order valence-electron chi connectivity index (χ3n) is 3.28. The predicted molar refractivity (Wildman–Crippen MR) is 97.9 cm³/mol. The highest BCUT2D eigenvalue weighted by Gasteiger charge is 2.13. The molecule has 1 N–H and O–H groups in total. The maximum absolute atomic E-state index is 12.3. The molecule has 0 radical (unpaired) electrons. The zero-order valence-electron chi connectivity index (χ0n) is 13.7. The number of nitriles is 1. The van der Waals surface area contributed by atoms with Crippen molar-refractivity contribution in [2.75, 3.05) is 11.9 Å². The Morgan fingerprint density at radius 3 is 2.62 bits per heavy atom. The molecule has 2 rings (SSSR count). The number of carbonyl (C=O) groups is 1. The second kappa shape index (κ2) is 8.65. The number of non-ortho nitro benzene ring substituents is 1. The molecule has 0 bridgehead atoms. The number of hydrogen-bond donors (Lipinski definition) is 1. The van der Waals surface area contributed by atoms with Crippen LogP contribution < -0.4 is 10.1 Å². The molecule has 0 atom stereocenters. The van der Waals surface area contributed by atoms with Gasteiger partial charge in [0.1, 0.15) is 17.4 Å². The van der Waals surface area contributed by atoms with Crippen LogP contribution in [0.2, 0.25) is 5.02 Å². The van der Waals surface area contributed by atoms with Crippen LogP contribution >= 0.6 is 11.6 Å². The molecule has 26 heavy (non-hydrogen) atoms. The van der Waals surface area contributed by atoms with Gasteiger partial charge in [-0.2, -0.15) is 5.26 Å². The first-order valence-corrected chi connectivity index (χ1v) is 7.92.